The number of nitrogens with two attached hydrogens (primary N) is 1. The van der Waals surface area contributed by atoms with Gasteiger partial charge in [-0.05, 0) is 37.9 Å². The van der Waals surface area contributed by atoms with E-state index < -0.39 is 12.1 Å². The molecule has 1 heterocycles. The van der Waals surface area contributed by atoms with Crippen molar-refractivity contribution in [3.8, 4) is 0 Å². The van der Waals surface area contributed by atoms with E-state index in [1.54, 1.807) is 6.07 Å². The Labute approximate surface area is 96.8 Å². The zero-order chi connectivity index (χ0) is 10.0. The van der Waals surface area contributed by atoms with Crippen molar-refractivity contribution in [1.82, 2.24) is 0 Å². The highest BCUT2D eigenvalue weighted by Gasteiger charge is 2.19. The van der Waals surface area contributed by atoms with E-state index in [1.807, 2.05) is 0 Å². The predicted octanol–water partition coefficient (Wildman–Crippen LogP) is 1.63. The number of aliphatic hydroxyl groups is 2. The van der Waals surface area contributed by atoms with Gasteiger partial charge in [-0.2, -0.15) is 0 Å². The second kappa shape index (κ2) is 4.86. The molecular formula is C7H9Br2NO2S. The van der Waals surface area contributed by atoms with E-state index in [9.17, 15) is 5.11 Å². The van der Waals surface area contributed by atoms with Gasteiger partial charge < -0.3 is 15.9 Å². The first-order valence-electron chi connectivity index (χ1n) is 3.55. The van der Waals surface area contributed by atoms with E-state index in [-0.39, 0.29) is 6.61 Å². The zero-order valence-electron chi connectivity index (χ0n) is 6.58. The first-order valence-corrected chi connectivity index (χ1v) is 5.95. The van der Waals surface area contributed by atoms with Crippen molar-refractivity contribution in [2.24, 2.45) is 5.73 Å². The molecule has 0 amide bonds. The summed E-state index contributed by atoms with van der Waals surface area (Å²) in [5.41, 5.74) is 5.48. The number of hydrogen-bond acceptors (Lipinski definition) is 4. The third-order valence-electron chi connectivity index (χ3n) is 1.57. The third kappa shape index (κ3) is 2.74. The lowest BCUT2D eigenvalue weighted by molar-refractivity contribution is 0.112. The fourth-order valence-corrected chi connectivity index (χ4v) is 2.97. The van der Waals surface area contributed by atoms with E-state index in [0.717, 1.165) is 13.1 Å². The molecule has 0 spiro atoms. The maximum atomic E-state index is 9.61. The van der Waals surface area contributed by atoms with Gasteiger partial charge in [0.25, 0.3) is 0 Å². The van der Waals surface area contributed by atoms with Crippen molar-refractivity contribution in [1.29, 1.82) is 0 Å². The molecule has 0 saturated carbocycles. The Bertz CT molecular complexity index is 273. The average molecular weight is 331 g/mol. The number of hydrogen-bond donors (Lipinski definition) is 3. The fourth-order valence-electron chi connectivity index (χ4n) is 0.820. The summed E-state index contributed by atoms with van der Waals surface area (Å²) < 4.78 is 1.79. The van der Waals surface area contributed by atoms with Crippen LogP contribution in [0.15, 0.2) is 14.3 Å². The van der Waals surface area contributed by atoms with Gasteiger partial charge in [-0.25, -0.2) is 0 Å². The van der Waals surface area contributed by atoms with Crippen LogP contribution < -0.4 is 5.73 Å². The summed E-state index contributed by atoms with van der Waals surface area (Å²) in [5.74, 6) is 0. The maximum Gasteiger partial charge on any atom is 0.105 e. The molecular weight excluding hydrogens is 322 g/mol. The van der Waals surface area contributed by atoms with Crippen molar-refractivity contribution in [2.75, 3.05) is 6.61 Å². The van der Waals surface area contributed by atoms with Gasteiger partial charge in [0, 0.05) is 9.35 Å². The van der Waals surface area contributed by atoms with Crippen LogP contribution >= 0.6 is 43.2 Å². The minimum absolute atomic E-state index is 0.228. The van der Waals surface area contributed by atoms with Crippen molar-refractivity contribution >= 4 is 43.2 Å². The normalized spacial score (nSPS) is 15.8. The lowest BCUT2D eigenvalue weighted by Crippen LogP contribution is -2.31. The van der Waals surface area contributed by atoms with E-state index in [0.29, 0.717) is 0 Å². The quantitative estimate of drug-likeness (QED) is 0.789. The van der Waals surface area contributed by atoms with Crippen LogP contribution in [-0.2, 0) is 0 Å². The van der Waals surface area contributed by atoms with Crippen LogP contribution in [0.3, 0.4) is 0 Å². The minimum Gasteiger partial charge on any atom is -0.395 e. The molecule has 6 heteroatoms. The van der Waals surface area contributed by atoms with E-state index >= 15 is 0 Å². The van der Waals surface area contributed by atoms with Crippen LogP contribution in [0, 0.1) is 0 Å². The largest absolute Gasteiger partial charge is 0.395 e. The van der Waals surface area contributed by atoms with Crippen LogP contribution in [0.25, 0.3) is 0 Å². The number of aliphatic hydroxyl groups excluding tert-OH is 2. The molecule has 0 bridgehead atoms. The van der Waals surface area contributed by atoms with E-state index in [1.165, 1.54) is 11.3 Å². The number of thiophene rings is 1. The van der Waals surface area contributed by atoms with Gasteiger partial charge in [-0.3, -0.25) is 0 Å². The van der Waals surface area contributed by atoms with Gasteiger partial charge in [0.15, 0.2) is 0 Å². The highest BCUT2D eigenvalue weighted by molar-refractivity contribution is 9.13. The molecule has 2 atom stereocenters. The summed E-state index contributed by atoms with van der Waals surface area (Å²) in [7, 11) is 0. The van der Waals surface area contributed by atoms with Crippen molar-refractivity contribution < 1.29 is 10.2 Å². The molecule has 0 aliphatic heterocycles. The van der Waals surface area contributed by atoms with Gasteiger partial charge in [-0.15, -0.1) is 11.3 Å². The molecule has 0 fully saturated rings. The minimum atomic E-state index is -0.808. The average Bonchev–Trinajstić information content (AvgIpc) is 2.44. The zero-order valence-corrected chi connectivity index (χ0v) is 10.6. The van der Waals surface area contributed by atoms with Gasteiger partial charge in [0.05, 0.1) is 16.4 Å². The summed E-state index contributed by atoms with van der Waals surface area (Å²) in [6, 6.07) is 1.16. The molecule has 0 saturated heterocycles. The standard InChI is InChI=1S/C7H9Br2NO2S/c8-3-1-5(13-7(3)9)6(12)4(10)2-11/h1,4,6,11-12H,2,10H2. The van der Waals surface area contributed by atoms with Gasteiger partial charge in [0.2, 0.25) is 0 Å². The van der Waals surface area contributed by atoms with Crippen LogP contribution in [0.2, 0.25) is 0 Å². The second-order valence-electron chi connectivity index (χ2n) is 2.56. The van der Waals surface area contributed by atoms with Crippen molar-refractivity contribution in [3.05, 3.63) is 19.2 Å². The van der Waals surface area contributed by atoms with Crippen LogP contribution in [0.5, 0.6) is 0 Å². The highest BCUT2D eigenvalue weighted by Crippen LogP contribution is 2.35. The predicted molar refractivity (Wildman–Crippen MR) is 59.7 cm³/mol. The molecule has 2 unspecified atom stereocenters. The third-order valence-corrected chi connectivity index (χ3v) is 4.90. The Morgan fingerprint density at radius 2 is 2.15 bits per heavy atom. The van der Waals surface area contributed by atoms with Crippen LogP contribution in [0.1, 0.15) is 11.0 Å². The Hall–Kier alpha value is 0.540. The monoisotopic (exact) mass is 329 g/mol. The number of rotatable bonds is 3. The summed E-state index contributed by atoms with van der Waals surface area (Å²) in [4.78, 5) is 0.736. The Morgan fingerprint density at radius 1 is 1.54 bits per heavy atom. The van der Waals surface area contributed by atoms with Crippen molar-refractivity contribution in [3.63, 3.8) is 0 Å². The lowest BCUT2D eigenvalue weighted by atomic mass is 10.1. The van der Waals surface area contributed by atoms with E-state index in [4.69, 9.17) is 10.8 Å². The lowest BCUT2D eigenvalue weighted by Gasteiger charge is -2.14. The molecule has 0 aromatic carbocycles. The Kier molecular flexibility index (Phi) is 4.34. The highest BCUT2D eigenvalue weighted by atomic mass is 79.9. The van der Waals surface area contributed by atoms with Gasteiger partial charge in [0.1, 0.15) is 6.10 Å². The molecule has 74 valence electrons. The summed E-state index contributed by atoms with van der Waals surface area (Å²) in [6.45, 7) is -0.228. The van der Waals surface area contributed by atoms with Crippen LogP contribution in [0.4, 0.5) is 0 Å². The Morgan fingerprint density at radius 3 is 2.54 bits per heavy atom. The molecule has 0 radical (unpaired) electrons. The second-order valence-corrected chi connectivity index (χ2v) is 5.82. The van der Waals surface area contributed by atoms with Crippen LogP contribution in [-0.4, -0.2) is 22.9 Å². The number of halogens is 2. The molecule has 1 rings (SSSR count). The van der Waals surface area contributed by atoms with E-state index in [2.05, 4.69) is 31.9 Å². The molecule has 1 aromatic heterocycles. The molecule has 0 aliphatic carbocycles. The summed E-state index contributed by atoms with van der Waals surface area (Å²) >= 11 is 8.01. The topological polar surface area (TPSA) is 66.5 Å². The van der Waals surface area contributed by atoms with Gasteiger partial charge in [-0.1, -0.05) is 0 Å². The molecule has 13 heavy (non-hydrogen) atoms. The molecule has 3 nitrogen and oxygen atoms in total. The molecule has 4 N–H and O–H groups in total. The summed E-state index contributed by atoms with van der Waals surface area (Å²) in [5, 5.41) is 18.3. The maximum absolute atomic E-state index is 9.61. The Balaban J connectivity index is 2.82. The first-order chi connectivity index (χ1) is 6.06. The SMILES string of the molecule is NC(CO)C(O)c1cc(Br)c(Br)s1. The van der Waals surface area contributed by atoms with Crippen molar-refractivity contribution in [2.45, 2.75) is 12.1 Å². The molecule has 1 aromatic rings. The molecule has 0 aliphatic rings. The first kappa shape index (κ1) is 11.6. The van der Waals surface area contributed by atoms with Gasteiger partial charge >= 0.3 is 0 Å². The summed E-state index contributed by atoms with van der Waals surface area (Å²) in [6.07, 6.45) is -0.808. The fraction of sp³-hybridized carbons (Fsp3) is 0.429. The smallest absolute Gasteiger partial charge is 0.105 e.